The number of hydrogen-bond donors (Lipinski definition) is 2. The summed E-state index contributed by atoms with van der Waals surface area (Å²) in [5, 5.41) is 12.4. The number of nitrogens with two attached hydrogens (primary N) is 1. The minimum atomic E-state index is 0.199. The van der Waals surface area contributed by atoms with Gasteiger partial charge in [-0.25, -0.2) is 0 Å². The molecule has 0 spiro atoms. The zero-order chi connectivity index (χ0) is 15.4. The summed E-state index contributed by atoms with van der Waals surface area (Å²) in [7, 11) is 0. The first kappa shape index (κ1) is 16.0. The van der Waals surface area contributed by atoms with Gasteiger partial charge in [0, 0.05) is 23.2 Å². The molecule has 2 rings (SSSR count). The third-order valence-corrected chi connectivity index (χ3v) is 4.61. The van der Waals surface area contributed by atoms with Crippen LogP contribution >= 0.6 is 11.8 Å². The number of hydrogen-bond acceptors (Lipinski definition) is 4. The summed E-state index contributed by atoms with van der Waals surface area (Å²) in [6, 6.07) is 6.77. The van der Waals surface area contributed by atoms with Crippen LogP contribution in [-0.4, -0.2) is 29.9 Å². The third-order valence-electron chi connectivity index (χ3n) is 3.83. The molecule has 0 unspecified atom stereocenters. The molecule has 116 valence electrons. The first-order valence-corrected chi connectivity index (χ1v) is 8.72. The van der Waals surface area contributed by atoms with Crippen LogP contribution < -0.4 is 10.6 Å². The molecule has 4 nitrogen and oxygen atoms in total. The van der Waals surface area contributed by atoms with Crippen molar-refractivity contribution in [3.63, 3.8) is 0 Å². The molecule has 0 saturated heterocycles. The summed E-state index contributed by atoms with van der Waals surface area (Å²) in [4.78, 5) is 3.49. The summed E-state index contributed by atoms with van der Waals surface area (Å²) < 4.78 is 0. The van der Waals surface area contributed by atoms with Crippen LogP contribution in [0.1, 0.15) is 38.7 Å². The van der Waals surface area contributed by atoms with E-state index in [2.05, 4.69) is 36.0 Å². The van der Waals surface area contributed by atoms with Crippen molar-refractivity contribution < 1.29 is 5.21 Å². The highest BCUT2D eigenvalue weighted by atomic mass is 32.2. The largest absolute Gasteiger partial charge is 0.409 e. The second kappa shape index (κ2) is 7.07. The molecule has 5 heteroatoms. The highest BCUT2D eigenvalue weighted by Gasteiger charge is 2.31. The molecule has 1 aliphatic rings. The van der Waals surface area contributed by atoms with Crippen LogP contribution in [0, 0.1) is 5.92 Å². The number of anilines is 1. The molecule has 0 bridgehead atoms. The fraction of sp³-hybridized carbons (Fsp3) is 0.562. The van der Waals surface area contributed by atoms with E-state index in [-0.39, 0.29) is 5.84 Å². The van der Waals surface area contributed by atoms with Crippen LogP contribution in [0.25, 0.3) is 0 Å². The van der Waals surface area contributed by atoms with Crippen LogP contribution in [0.5, 0.6) is 0 Å². The maximum atomic E-state index is 9.12. The lowest BCUT2D eigenvalue weighted by atomic mass is 10.1. The molecule has 0 amide bonds. The van der Waals surface area contributed by atoms with E-state index in [0.717, 1.165) is 29.1 Å². The van der Waals surface area contributed by atoms with Crippen molar-refractivity contribution in [3.05, 3.63) is 23.8 Å². The van der Waals surface area contributed by atoms with E-state index in [0.29, 0.717) is 12.0 Å². The Morgan fingerprint density at radius 3 is 2.71 bits per heavy atom. The van der Waals surface area contributed by atoms with Gasteiger partial charge in [-0.2, -0.15) is 0 Å². The van der Waals surface area contributed by atoms with Gasteiger partial charge >= 0.3 is 0 Å². The Balaban J connectivity index is 2.39. The minimum Gasteiger partial charge on any atom is -0.409 e. The highest BCUT2D eigenvalue weighted by molar-refractivity contribution is 7.98. The van der Waals surface area contributed by atoms with Gasteiger partial charge in [-0.15, -0.1) is 11.8 Å². The van der Waals surface area contributed by atoms with Crippen molar-refractivity contribution in [1.82, 2.24) is 0 Å². The summed E-state index contributed by atoms with van der Waals surface area (Å²) in [6.45, 7) is 5.51. The standard InChI is InChI=1S/C16H25N3OS/c1-11(2)9-10-19(12-7-8-12)13-5-4-6-14(21-3)15(13)16(17)18-20/h4-6,11-12,20H,7-10H2,1-3H3,(H2,17,18). The minimum absolute atomic E-state index is 0.199. The van der Waals surface area contributed by atoms with E-state index in [1.165, 1.54) is 12.8 Å². The van der Waals surface area contributed by atoms with E-state index >= 15 is 0 Å². The molecule has 3 N–H and O–H groups in total. The monoisotopic (exact) mass is 307 g/mol. The number of nitrogens with zero attached hydrogens (tertiary/aromatic N) is 2. The van der Waals surface area contributed by atoms with Crippen molar-refractivity contribution in [3.8, 4) is 0 Å². The number of oxime groups is 1. The lowest BCUT2D eigenvalue weighted by Gasteiger charge is -2.28. The van der Waals surface area contributed by atoms with Gasteiger partial charge < -0.3 is 15.8 Å². The zero-order valence-corrected chi connectivity index (χ0v) is 13.9. The third kappa shape index (κ3) is 3.84. The molecule has 1 saturated carbocycles. The van der Waals surface area contributed by atoms with Crippen molar-refractivity contribution in [1.29, 1.82) is 0 Å². The molecule has 1 aliphatic carbocycles. The number of amidine groups is 1. The lowest BCUT2D eigenvalue weighted by Crippen LogP contribution is -2.30. The van der Waals surface area contributed by atoms with Gasteiger partial charge in [0.2, 0.25) is 0 Å². The van der Waals surface area contributed by atoms with E-state index < -0.39 is 0 Å². The summed E-state index contributed by atoms with van der Waals surface area (Å²) in [5.41, 5.74) is 7.91. The maximum Gasteiger partial charge on any atom is 0.173 e. The van der Waals surface area contributed by atoms with E-state index in [4.69, 9.17) is 10.9 Å². The number of benzene rings is 1. The van der Waals surface area contributed by atoms with Gasteiger partial charge in [0.15, 0.2) is 5.84 Å². The first-order valence-electron chi connectivity index (χ1n) is 7.50. The van der Waals surface area contributed by atoms with Gasteiger partial charge in [-0.05, 0) is 43.6 Å². The molecule has 0 aromatic heterocycles. The van der Waals surface area contributed by atoms with Crippen molar-refractivity contribution in [2.45, 2.75) is 44.0 Å². The smallest absolute Gasteiger partial charge is 0.173 e. The average molecular weight is 307 g/mol. The predicted octanol–water partition coefficient (Wildman–Crippen LogP) is 3.52. The van der Waals surface area contributed by atoms with Crippen LogP contribution in [-0.2, 0) is 0 Å². The second-order valence-corrected chi connectivity index (χ2v) is 6.79. The molecule has 0 radical (unpaired) electrons. The Kier molecular flexibility index (Phi) is 5.39. The van der Waals surface area contributed by atoms with Gasteiger partial charge in [-0.3, -0.25) is 0 Å². The molecule has 1 aromatic rings. The lowest BCUT2D eigenvalue weighted by molar-refractivity contribution is 0.318. The highest BCUT2D eigenvalue weighted by Crippen LogP contribution is 2.37. The van der Waals surface area contributed by atoms with Crippen LogP contribution in [0.4, 0.5) is 5.69 Å². The Morgan fingerprint density at radius 2 is 2.19 bits per heavy atom. The summed E-state index contributed by atoms with van der Waals surface area (Å²) in [5.74, 6) is 0.868. The normalized spacial score (nSPS) is 15.5. The van der Waals surface area contributed by atoms with Gasteiger partial charge in [0.25, 0.3) is 0 Å². The summed E-state index contributed by atoms with van der Waals surface area (Å²) >= 11 is 1.63. The molecule has 0 atom stereocenters. The maximum absolute atomic E-state index is 9.12. The molecular formula is C16H25N3OS. The van der Waals surface area contributed by atoms with Gasteiger partial charge in [0.1, 0.15) is 0 Å². The van der Waals surface area contributed by atoms with E-state index in [9.17, 15) is 0 Å². The number of thioether (sulfide) groups is 1. The second-order valence-electron chi connectivity index (χ2n) is 5.95. The van der Waals surface area contributed by atoms with E-state index in [1.807, 2.05) is 12.3 Å². The Bertz CT molecular complexity index is 512. The van der Waals surface area contributed by atoms with Crippen LogP contribution in [0.15, 0.2) is 28.3 Å². The topological polar surface area (TPSA) is 61.8 Å². The quantitative estimate of drug-likeness (QED) is 0.266. The molecule has 0 aliphatic heterocycles. The van der Waals surface area contributed by atoms with Crippen molar-refractivity contribution in [2.75, 3.05) is 17.7 Å². The average Bonchev–Trinajstić information content (AvgIpc) is 3.30. The van der Waals surface area contributed by atoms with Crippen LogP contribution in [0.2, 0.25) is 0 Å². The van der Waals surface area contributed by atoms with Gasteiger partial charge in [0.05, 0.1) is 5.56 Å². The molecule has 21 heavy (non-hydrogen) atoms. The Morgan fingerprint density at radius 1 is 1.48 bits per heavy atom. The number of rotatable bonds is 7. The fourth-order valence-electron chi connectivity index (χ4n) is 2.52. The van der Waals surface area contributed by atoms with E-state index in [1.54, 1.807) is 11.8 Å². The molecule has 0 heterocycles. The first-order chi connectivity index (χ1) is 10.1. The Labute approximate surface area is 131 Å². The zero-order valence-electron chi connectivity index (χ0n) is 13.0. The molecule has 1 aromatic carbocycles. The molecular weight excluding hydrogens is 282 g/mol. The summed E-state index contributed by atoms with van der Waals surface area (Å²) in [6.07, 6.45) is 5.63. The SMILES string of the molecule is CSc1cccc(N(CCC(C)C)C2CC2)c1/C(N)=N/O. The van der Waals surface area contributed by atoms with Gasteiger partial charge in [-0.1, -0.05) is 25.1 Å². The van der Waals surface area contributed by atoms with Crippen molar-refractivity contribution >= 4 is 23.3 Å². The molecule has 1 fully saturated rings. The van der Waals surface area contributed by atoms with Crippen molar-refractivity contribution in [2.24, 2.45) is 16.8 Å². The fourth-order valence-corrected chi connectivity index (χ4v) is 3.15. The Hall–Kier alpha value is -1.36. The van der Waals surface area contributed by atoms with Crippen LogP contribution in [0.3, 0.4) is 0 Å². The predicted molar refractivity (Wildman–Crippen MR) is 90.6 cm³/mol.